The molecular formula is C9H19ClN2O. The summed E-state index contributed by atoms with van der Waals surface area (Å²) in [6.45, 7) is 8.31. The molecule has 1 amide bonds. The first-order valence-corrected chi connectivity index (χ1v) is 4.20. The molecule has 0 saturated carbocycles. The van der Waals surface area contributed by atoms with E-state index in [1.807, 2.05) is 14.1 Å². The Hall–Kier alpha value is -0.540. The van der Waals surface area contributed by atoms with Crippen molar-refractivity contribution in [3.05, 3.63) is 12.2 Å². The maximum absolute atomic E-state index is 11.2. The van der Waals surface area contributed by atoms with Crippen LogP contribution in [-0.2, 0) is 4.79 Å². The lowest BCUT2D eigenvalue weighted by atomic mass is 10.3. The van der Waals surface area contributed by atoms with Crippen molar-refractivity contribution >= 4 is 5.91 Å². The first kappa shape index (κ1) is 15.0. The van der Waals surface area contributed by atoms with Crippen molar-refractivity contribution in [2.75, 3.05) is 20.6 Å². The van der Waals surface area contributed by atoms with Gasteiger partial charge in [0.2, 0.25) is 0 Å². The molecule has 0 spiro atoms. The number of hydrogen-bond donors (Lipinski definition) is 1. The molecule has 78 valence electrons. The van der Waals surface area contributed by atoms with Gasteiger partial charge in [-0.2, -0.15) is 5.43 Å². The van der Waals surface area contributed by atoms with Crippen LogP contribution in [0.3, 0.4) is 0 Å². The highest BCUT2D eigenvalue weighted by Crippen LogP contribution is 1.96. The second kappa shape index (κ2) is 6.00. The van der Waals surface area contributed by atoms with Crippen LogP contribution >= 0.6 is 0 Å². The average molecular weight is 207 g/mol. The third kappa shape index (κ3) is 6.61. The summed E-state index contributed by atoms with van der Waals surface area (Å²) in [5.41, 5.74) is 3.41. The molecule has 3 nitrogen and oxygen atoms in total. The molecule has 0 aromatic carbocycles. The van der Waals surface area contributed by atoms with Gasteiger partial charge in [0.25, 0.3) is 5.91 Å². The second-order valence-electron chi connectivity index (χ2n) is 3.63. The summed E-state index contributed by atoms with van der Waals surface area (Å²) < 4.78 is 0.516. The van der Waals surface area contributed by atoms with Crippen LogP contribution in [0.25, 0.3) is 0 Å². The van der Waals surface area contributed by atoms with Crippen molar-refractivity contribution < 1.29 is 21.8 Å². The van der Waals surface area contributed by atoms with Crippen molar-refractivity contribution in [2.24, 2.45) is 0 Å². The standard InChI is InChI=1S/C9H18N2O.ClH/c1-6-7-11(4,5)10-9(12)8(2)3;/h2,6-7H2,1,3-5H3;1H. The van der Waals surface area contributed by atoms with E-state index < -0.39 is 0 Å². The highest BCUT2D eigenvalue weighted by molar-refractivity contribution is 5.91. The third-order valence-electron chi connectivity index (χ3n) is 1.57. The van der Waals surface area contributed by atoms with Gasteiger partial charge in [-0.1, -0.05) is 13.5 Å². The van der Waals surface area contributed by atoms with E-state index in [4.69, 9.17) is 0 Å². The number of halogens is 1. The van der Waals surface area contributed by atoms with Gasteiger partial charge in [0.05, 0.1) is 14.1 Å². The van der Waals surface area contributed by atoms with E-state index in [0.29, 0.717) is 10.2 Å². The summed E-state index contributed by atoms with van der Waals surface area (Å²) in [6.07, 6.45) is 1.05. The van der Waals surface area contributed by atoms with Gasteiger partial charge < -0.3 is 12.4 Å². The smallest absolute Gasteiger partial charge is 0.290 e. The zero-order valence-corrected chi connectivity index (χ0v) is 9.61. The Bertz CT molecular complexity index is 190. The predicted octanol–water partition coefficient (Wildman–Crippen LogP) is -1.92. The van der Waals surface area contributed by atoms with Crippen LogP contribution in [0.15, 0.2) is 12.2 Å². The minimum atomic E-state index is -0.0755. The van der Waals surface area contributed by atoms with E-state index in [1.165, 1.54) is 0 Å². The van der Waals surface area contributed by atoms with Crippen LogP contribution in [0, 0.1) is 0 Å². The quantitative estimate of drug-likeness (QED) is 0.325. The van der Waals surface area contributed by atoms with Crippen LogP contribution in [-0.4, -0.2) is 31.1 Å². The molecule has 0 aliphatic heterocycles. The first-order valence-electron chi connectivity index (χ1n) is 4.20. The summed E-state index contributed by atoms with van der Waals surface area (Å²) in [7, 11) is 3.93. The van der Waals surface area contributed by atoms with E-state index in [1.54, 1.807) is 6.92 Å². The molecule has 0 aromatic rings. The Morgan fingerprint density at radius 3 is 2.23 bits per heavy atom. The van der Waals surface area contributed by atoms with Crippen molar-refractivity contribution in [3.8, 4) is 0 Å². The van der Waals surface area contributed by atoms with Crippen LogP contribution in [0.2, 0.25) is 0 Å². The molecule has 0 aliphatic rings. The van der Waals surface area contributed by atoms with E-state index in [9.17, 15) is 4.79 Å². The molecule has 0 bridgehead atoms. The maximum atomic E-state index is 11.2. The number of amides is 1. The fourth-order valence-electron chi connectivity index (χ4n) is 0.985. The van der Waals surface area contributed by atoms with Crippen molar-refractivity contribution in [1.82, 2.24) is 5.43 Å². The summed E-state index contributed by atoms with van der Waals surface area (Å²) in [6, 6.07) is 0. The molecule has 0 atom stereocenters. The molecule has 0 saturated heterocycles. The monoisotopic (exact) mass is 206 g/mol. The van der Waals surface area contributed by atoms with Gasteiger partial charge in [0.15, 0.2) is 0 Å². The van der Waals surface area contributed by atoms with Gasteiger partial charge in [-0.3, -0.25) is 4.79 Å². The first-order chi connectivity index (χ1) is 5.39. The van der Waals surface area contributed by atoms with Crippen LogP contribution in [0.1, 0.15) is 20.3 Å². The van der Waals surface area contributed by atoms with E-state index in [0.717, 1.165) is 13.0 Å². The molecule has 0 fully saturated rings. The zero-order valence-electron chi connectivity index (χ0n) is 8.85. The Morgan fingerprint density at radius 2 is 1.92 bits per heavy atom. The van der Waals surface area contributed by atoms with Gasteiger partial charge in [-0.05, 0) is 13.3 Å². The Kier molecular flexibility index (Phi) is 6.90. The molecule has 4 heteroatoms. The minimum absolute atomic E-state index is 0. The normalized spacial score (nSPS) is 10.2. The number of nitrogens with zero attached hydrogens (tertiary/aromatic N) is 1. The molecule has 0 rings (SSSR count). The number of carbonyl (C=O) groups is 1. The third-order valence-corrected chi connectivity index (χ3v) is 1.57. The highest BCUT2D eigenvalue weighted by atomic mass is 35.5. The summed E-state index contributed by atoms with van der Waals surface area (Å²) >= 11 is 0. The van der Waals surface area contributed by atoms with Crippen LogP contribution in [0.4, 0.5) is 0 Å². The molecule has 0 unspecified atom stereocenters. The number of quaternary nitrogens is 1. The number of carbonyl (C=O) groups excluding carboxylic acids is 1. The lowest BCUT2D eigenvalue weighted by Gasteiger charge is -2.28. The lowest BCUT2D eigenvalue weighted by Crippen LogP contribution is -3.00. The topological polar surface area (TPSA) is 29.1 Å². The molecule has 1 N–H and O–H groups in total. The van der Waals surface area contributed by atoms with Crippen LogP contribution in [0.5, 0.6) is 0 Å². The van der Waals surface area contributed by atoms with Gasteiger partial charge in [-0.15, -0.1) is 0 Å². The molecule has 0 aliphatic carbocycles. The fraction of sp³-hybridized carbons (Fsp3) is 0.667. The second-order valence-corrected chi connectivity index (χ2v) is 3.63. The fourth-order valence-corrected chi connectivity index (χ4v) is 0.985. The Labute approximate surface area is 86.8 Å². The van der Waals surface area contributed by atoms with Crippen molar-refractivity contribution in [2.45, 2.75) is 20.3 Å². The van der Waals surface area contributed by atoms with E-state index >= 15 is 0 Å². The number of rotatable bonds is 4. The van der Waals surface area contributed by atoms with Crippen molar-refractivity contribution in [3.63, 3.8) is 0 Å². The molecule has 0 aromatic heterocycles. The minimum Gasteiger partial charge on any atom is -1.00 e. The largest absolute Gasteiger partial charge is 1.00 e. The summed E-state index contributed by atoms with van der Waals surface area (Å²) in [4.78, 5) is 11.2. The zero-order chi connectivity index (χ0) is 9.78. The average Bonchev–Trinajstić information content (AvgIpc) is 1.85. The summed E-state index contributed by atoms with van der Waals surface area (Å²) in [5.74, 6) is -0.0755. The van der Waals surface area contributed by atoms with Crippen molar-refractivity contribution in [1.29, 1.82) is 0 Å². The number of nitrogens with one attached hydrogen (secondary N) is 1. The van der Waals surface area contributed by atoms with E-state index in [2.05, 4.69) is 18.9 Å². The highest BCUT2D eigenvalue weighted by Gasteiger charge is 2.17. The van der Waals surface area contributed by atoms with Gasteiger partial charge >= 0.3 is 0 Å². The Balaban J connectivity index is 0. The predicted molar refractivity (Wildman–Crippen MR) is 50.2 cm³/mol. The Morgan fingerprint density at radius 1 is 1.46 bits per heavy atom. The van der Waals surface area contributed by atoms with Gasteiger partial charge in [0.1, 0.15) is 6.54 Å². The SMILES string of the molecule is C=C(C)C(=O)N[N+](C)(C)CCC.[Cl-]. The molecule has 13 heavy (non-hydrogen) atoms. The molecular weight excluding hydrogens is 188 g/mol. The summed E-state index contributed by atoms with van der Waals surface area (Å²) in [5, 5.41) is 0. The number of hydrogen-bond acceptors (Lipinski definition) is 1. The molecule has 0 radical (unpaired) electrons. The maximum Gasteiger partial charge on any atom is 0.290 e. The van der Waals surface area contributed by atoms with E-state index in [-0.39, 0.29) is 18.3 Å². The van der Waals surface area contributed by atoms with Gasteiger partial charge in [-0.25, -0.2) is 4.59 Å². The molecule has 0 heterocycles. The lowest BCUT2D eigenvalue weighted by molar-refractivity contribution is -0.925. The van der Waals surface area contributed by atoms with Crippen LogP contribution < -0.4 is 17.8 Å². The van der Waals surface area contributed by atoms with Gasteiger partial charge in [0, 0.05) is 5.57 Å².